The summed E-state index contributed by atoms with van der Waals surface area (Å²) in [6, 6.07) is 39.9. The Balaban J connectivity index is 0.000000143. The molecule has 0 radical (unpaired) electrons. The van der Waals surface area contributed by atoms with Gasteiger partial charge in [0.05, 0.1) is 13.2 Å². The molecular weight excluding hydrogens is 607 g/mol. The van der Waals surface area contributed by atoms with Gasteiger partial charge in [-0.15, -0.1) is 0 Å². The zero-order chi connectivity index (χ0) is 35.6. The van der Waals surface area contributed by atoms with Crippen molar-refractivity contribution in [1.82, 2.24) is 5.32 Å². The second kappa shape index (κ2) is 17.8. The van der Waals surface area contributed by atoms with Crippen LogP contribution in [0.3, 0.4) is 0 Å². The largest absolute Gasteiger partial charge is 0.380 e. The molecule has 2 heterocycles. The molecule has 0 bridgehead atoms. The molecule has 50 heavy (non-hydrogen) atoms. The molecule has 2 fully saturated rings. The first kappa shape index (κ1) is 37.3. The smallest absolute Gasteiger partial charge is 0.0557 e. The highest BCUT2D eigenvalue weighted by molar-refractivity contribution is 5.91. The van der Waals surface area contributed by atoms with Crippen LogP contribution in [0.2, 0.25) is 0 Å². The van der Waals surface area contributed by atoms with Crippen molar-refractivity contribution in [1.29, 1.82) is 0 Å². The fourth-order valence-corrected chi connectivity index (χ4v) is 7.46. The first-order valence-corrected chi connectivity index (χ1v) is 19.2. The summed E-state index contributed by atoms with van der Waals surface area (Å²) in [4.78, 5) is 0. The lowest BCUT2D eigenvalue weighted by Gasteiger charge is -2.29. The molecule has 0 spiro atoms. The molecule has 0 aromatic heterocycles. The third-order valence-corrected chi connectivity index (χ3v) is 10.3. The summed E-state index contributed by atoms with van der Waals surface area (Å²) in [6.45, 7) is 21.6. The number of fused-ring (bicyclic) bond motifs is 3. The van der Waals surface area contributed by atoms with Crippen molar-refractivity contribution < 1.29 is 4.74 Å². The van der Waals surface area contributed by atoms with Crippen LogP contribution in [0, 0.1) is 0 Å². The first-order chi connectivity index (χ1) is 24.4. The molecule has 0 amide bonds. The molecule has 2 saturated heterocycles. The highest BCUT2D eigenvalue weighted by Crippen LogP contribution is 2.36. The van der Waals surface area contributed by atoms with Crippen molar-refractivity contribution in [2.45, 2.75) is 91.9 Å². The topological polar surface area (TPSA) is 21.3 Å². The molecule has 1 N–H and O–H groups in total. The second-order valence-corrected chi connectivity index (χ2v) is 14.1. The quantitative estimate of drug-likeness (QED) is 0.191. The van der Waals surface area contributed by atoms with Gasteiger partial charge in [-0.05, 0) is 90.4 Å². The van der Waals surface area contributed by atoms with Crippen LogP contribution >= 0.6 is 0 Å². The van der Waals surface area contributed by atoms with E-state index in [0.29, 0.717) is 23.7 Å². The van der Waals surface area contributed by atoms with E-state index in [1.807, 2.05) is 13.8 Å². The summed E-state index contributed by atoms with van der Waals surface area (Å²) in [5, 5.41) is 11.9. The van der Waals surface area contributed by atoms with Crippen LogP contribution < -0.4 is 5.32 Å². The molecule has 2 aliphatic rings. The van der Waals surface area contributed by atoms with Gasteiger partial charge in [-0.25, -0.2) is 0 Å². The van der Waals surface area contributed by atoms with E-state index < -0.39 is 0 Å². The predicted octanol–water partition coefficient (Wildman–Crippen LogP) is 12.7. The Bertz CT molecular complexity index is 1830. The van der Waals surface area contributed by atoms with Crippen LogP contribution in [-0.4, -0.2) is 26.3 Å². The highest BCUT2D eigenvalue weighted by atomic mass is 16.5. The van der Waals surface area contributed by atoms with Crippen LogP contribution in [0.4, 0.5) is 0 Å². The molecule has 0 saturated carbocycles. The van der Waals surface area contributed by atoms with Gasteiger partial charge in [-0.3, -0.25) is 0 Å². The normalized spacial score (nSPS) is 14.3. The fourth-order valence-electron chi connectivity index (χ4n) is 7.46. The standard InChI is InChI=1S/C16H19N.C16H18O.C14H16.C2H6/c2*1-11(2)14-7-3-5-12-6-4-8-15(16(12)14)13-9-17-10-13;1-3-11-7-5-9-13-10-6-8-12(4-2)14(11)13;1-2/h3-8,11,13,17H,9-10H2,1-2H3;3-8,11,13H,9-10H2,1-2H3;5-10H,3-4H2,1-2H3;1-2H3. The summed E-state index contributed by atoms with van der Waals surface area (Å²) in [5.74, 6) is 2.46. The monoisotopic (exact) mass is 665 g/mol. The number of ether oxygens (including phenoxy) is 1. The number of nitrogens with one attached hydrogen (secondary N) is 1. The molecule has 6 aromatic rings. The predicted molar refractivity (Wildman–Crippen MR) is 219 cm³/mol. The van der Waals surface area contributed by atoms with Gasteiger partial charge in [0.2, 0.25) is 0 Å². The lowest BCUT2D eigenvalue weighted by Crippen LogP contribution is -2.40. The van der Waals surface area contributed by atoms with E-state index in [1.165, 1.54) is 65.7 Å². The molecule has 2 heteroatoms. The van der Waals surface area contributed by atoms with Crippen molar-refractivity contribution in [2.75, 3.05) is 26.3 Å². The first-order valence-electron chi connectivity index (χ1n) is 19.2. The molecule has 0 atom stereocenters. The van der Waals surface area contributed by atoms with E-state index in [9.17, 15) is 0 Å². The molecular formula is C48H59NO. The van der Waals surface area contributed by atoms with Gasteiger partial charge in [-0.1, -0.05) is 165 Å². The maximum atomic E-state index is 5.34. The zero-order valence-corrected chi connectivity index (χ0v) is 31.9. The van der Waals surface area contributed by atoms with E-state index in [0.717, 1.165) is 39.1 Å². The molecule has 2 nitrogen and oxygen atoms in total. The third-order valence-electron chi connectivity index (χ3n) is 10.3. The van der Waals surface area contributed by atoms with Crippen LogP contribution in [-0.2, 0) is 17.6 Å². The van der Waals surface area contributed by atoms with Gasteiger partial charge in [-0.2, -0.15) is 0 Å². The SMILES string of the molecule is CC.CC(C)c1cccc2cccc(C3CNC3)c12.CC(C)c1cccc2cccc(C3COC3)c12.CCc1cccc2cccc(CC)c12. The van der Waals surface area contributed by atoms with Crippen LogP contribution in [0.5, 0.6) is 0 Å². The van der Waals surface area contributed by atoms with E-state index >= 15 is 0 Å². The van der Waals surface area contributed by atoms with Gasteiger partial charge in [0, 0.05) is 24.9 Å². The summed E-state index contributed by atoms with van der Waals surface area (Å²) >= 11 is 0. The Labute approximate surface area is 302 Å². The van der Waals surface area contributed by atoms with Gasteiger partial charge >= 0.3 is 0 Å². The Morgan fingerprint density at radius 1 is 0.520 bits per heavy atom. The van der Waals surface area contributed by atoms with Crippen LogP contribution in [0.25, 0.3) is 32.3 Å². The second-order valence-electron chi connectivity index (χ2n) is 14.1. The Hall–Kier alpha value is -3.98. The maximum Gasteiger partial charge on any atom is 0.0557 e. The maximum absolute atomic E-state index is 5.34. The summed E-state index contributed by atoms with van der Waals surface area (Å²) in [7, 11) is 0. The molecule has 262 valence electrons. The minimum absolute atomic E-state index is 0.570. The molecule has 2 aliphatic heterocycles. The minimum atomic E-state index is 0.570. The average Bonchev–Trinajstić information content (AvgIpc) is 3.10. The van der Waals surface area contributed by atoms with E-state index in [1.54, 1.807) is 0 Å². The highest BCUT2D eigenvalue weighted by Gasteiger charge is 2.24. The summed E-state index contributed by atoms with van der Waals surface area (Å²) in [6.07, 6.45) is 2.24. The van der Waals surface area contributed by atoms with E-state index in [4.69, 9.17) is 4.74 Å². The van der Waals surface area contributed by atoms with Crippen LogP contribution in [0.15, 0.2) is 109 Å². The van der Waals surface area contributed by atoms with Crippen molar-refractivity contribution in [3.05, 3.63) is 143 Å². The Kier molecular flexibility index (Phi) is 13.3. The molecule has 0 aliphatic carbocycles. The molecule has 0 unspecified atom stereocenters. The summed E-state index contributed by atoms with van der Waals surface area (Å²) in [5.41, 5.74) is 8.90. The number of hydrogen-bond acceptors (Lipinski definition) is 2. The van der Waals surface area contributed by atoms with Crippen LogP contribution in [0.1, 0.15) is 112 Å². The summed E-state index contributed by atoms with van der Waals surface area (Å²) < 4.78 is 5.34. The fraction of sp³-hybridized carbons (Fsp3) is 0.375. The van der Waals surface area contributed by atoms with E-state index in [-0.39, 0.29) is 0 Å². The lowest BCUT2D eigenvalue weighted by molar-refractivity contribution is 0.00899. The molecule has 8 rings (SSSR count). The van der Waals surface area contributed by atoms with Crippen molar-refractivity contribution in [2.24, 2.45) is 0 Å². The van der Waals surface area contributed by atoms with Gasteiger partial charge in [0.1, 0.15) is 0 Å². The zero-order valence-electron chi connectivity index (χ0n) is 31.9. The van der Waals surface area contributed by atoms with Gasteiger partial charge in [0.15, 0.2) is 0 Å². The average molecular weight is 666 g/mol. The number of aryl methyl sites for hydroxylation is 2. The number of benzene rings is 6. The molecule has 6 aromatic carbocycles. The minimum Gasteiger partial charge on any atom is -0.380 e. The Morgan fingerprint density at radius 2 is 0.900 bits per heavy atom. The van der Waals surface area contributed by atoms with Crippen molar-refractivity contribution in [3.63, 3.8) is 0 Å². The lowest BCUT2D eigenvalue weighted by atomic mass is 9.85. The third kappa shape index (κ3) is 8.14. The van der Waals surface area contributed by atoms with Crippen molar-refractivity contribution >= 4 is 32.3 Å². The number of rotatable bonds is 6. The number of hydrogen-bond donors (Lipinski definition) is 1. The van der Waals surface area contributed by atoms with Crippen molar-refractivity contribution in [3.8, 4) is 0 Å². The van der Waals surface area contributed by atoms with Gasteiger partial charge in [0.25, 0.3) is 0 Å². The van der Waals surface area contributed by atoms with E-state index in [2.05, 4.69) is 156 Å². The van der Waals surface area contributed by atoms with Gasteiger partial charge < -0.3 is 10.1 Å². The Morgan fingerprint density at radius 3 is 1.24 bits per heavy atom.